The molecule has 168 valence electrons. The van der Waals surface area contributed by atoms with E-state index in [1.807, 2.05) is 0 Å². The van der Waals surface area contributed by atoms with Crippen LogP contribution in [-0.2, 0) is 14.3 Å². The zero-order chi connectivity index (χ0) is 21.9. The summed E-state index contributed by atoms with van der Waals surface area (Å²) in [4.78, 5) is 26.2. The number of halogens is 2. The van der Waals surface area contributed by atoms with Gasteiger partial charge >= 0.3 is 6.55 Å². The highest BCUT2D eigenvalue weighted by Crippen LogP contribution is 2.40. The van der Waals surface area contributed by atoms with Gasteiger partial charge < -0.3 is 24.8 Å². The molecule has 0 bridgehead atoms. The Labute approximate surface area is 173 Å². The fraction of sp³-hybridized carbons (Fsp3) is 0.737. The molecule has 0 saturated carbocycles. The van der Waals surface area contributed by atoms with E-state index in [0.29, 0.717) is 37.2 Å². The summed E-state index contributed by atoms with van der Waals surface area (Å²) < 4.78 is 36.9. The van der Waals surface area contributed by atoms with E-state index in [4.69, 9.17) is 9.47 Å². The van der Waals surface area contributed by atoms with Crippen LogP contribution in [-0.4, -0.2) is 81.8 Å². The average Bonchev–Trinajstić information content (AvgIpc) is 3.21. The molecule has 1 spiro atoms. The van der Waals surface area contributed by atoms with Crippen LogP contribution < -0.4 is 5.32 Å². The highest BCUT2D eigenvalue weighted by Gasteiger charge is 2.54. The number of aromatic nitrogens is 2. The lowest BCUT2D eigenvalue weighted by Gasteiger charge is -2.53. The van der Waals surface area contributed by atoms with Gasteiger partial charge in [0.25, 0.3) is 5.91 Å². The van der Waals surface area contributed by atoms with Crippen molar-refractivity contribution in [2.45, 2.75) is 56.9 Å². The maximum atomic E-state index is 12.7. The molecule has 2 saturated heterocycles. The third kappa shape index (κ3) is 4.47. The fourth-order valence-corrected chi connectivity index (χ4v) is 4.17. The molecule has 2 amide bonds. The molecule has 30 heavy (non-hydrogen) atoms. The van der Waals surface area contributed by atoms with E-state index in [2.05, 4.69) is 10.4 Å². The number of amides is 2. The zero-order valence-electron chi connectivity index (χ0n) is 17.1. The number of nitrogens with one attached hydrogen (secondary N) is 1. The molecule has 2 fully saturated rings. The minimum atomic E-state index is -2.81. The number of carbonyl (C=O) groups excluding carboxylic acids is 2. The lowest BCUT2D eigenvalue weighted by molar-refractivity contribution is -0.206. The third-order valence-corrected chi connectivity index (χ3v) is 5.90. The Morgan fingerprint density at radius 2 is 2.10 bits per heavy atom. The predicted octanol–water partition coefficient (Wildman–Crippen LogP) is 0.946. The van der Waals surface area contributed by atoms with Crippen molar-refractivity contribution in [1.29, 1.82) is 0 Å². The molecule has 1 aromatic heterocycles. The van der Waals surface area contributed by atoms with Crippen LogP contribution >= 0.6 is 0 Å². The molecule has 2 aliphatic heterocycles. The highest BCUT2D eigenvalue weighted by atomic mass is 19.3. The van der Waals surface area contributed by atoms with Gasteiger partial charge in [0.2, 0.25) is 5.91 Å². The highest BCUT2D eigenvalue weighted by molar-refractivity contribution is 5.92. The van der Waals surface area contributed by atoms with Gasteiger partial charge in [-0.2, -0.15) is 13.9 Å². The van der Waals surface area contributed by atoms with E-state index in [0.717, 1.165) is 6.20 Å². The van der Waals surface area contributed by atoms with Crippen LogP contribution in [0.2, 0.25) is 0 Å². The van der Waals surface area contributed by atoms with Crippen molar-refractivity contribution >= 4 is 11.8 Å². The van der Waals surface area contributed by atoms with Crippen LogP contribution in [0.1, 0.15) is 50.1 Å². The number of alkyl halides is 2. The predicted molar refractivity (Wildman–Crippen MR) is 101 cm³/mol. The Bertz CT molecular complexity index is 766. The topological polar surface area (TPSA) is 106 Å². The Morgan fingerprint density at radius 3 is 2.70 bits per heavy atom. The van der Waals surface area contributed by atoms with Crippen LogP contribution in [0.5, 0.6) is 0 Å². The molecule has 3 heterocycles. The second-order valence-electron chi connectivity index (χ2n) is 7.92. The molecular weight excluding hydrogens is 402 g/mol. The first-order valence-electron chi connectivity index (χ1n) is 10.0. The molecule has 2 N–H and O–H groups in total. The summed E-state index contributed by atoms with van der Waals surface area (Å²) in [5.41, 5.74) is -1.83. The number of hydrogen-bond acceptors (Lipinski definition) is 6. The van der Waals surface area contributed by atoms with Crippen LogP contribution in [0.4, 0.5) is 8.78 Å². The number of aliphatic hydroxyl groups excluding tert-OH is 1. The minimum absolute atomic E-state index is 0.0515. The first-order valence-corrected chi connectivity index (χ1v) is 10.0. The van der Waals surface area contributed by atoms with E-state index < -0.39 is 29.7 Å². The maximum Gasteiger partial charge on any atom is 0.333 e. The SMILES string of the molecule is CCOCC(=O)N[C@]1(C)CCOC2(CCN(C(=O)c3ccn(C(F)F)n3)CC2)[C@H]1O. The van der Waals surface area contributed by atoms with Gasteiger partial charge in [0.05, 0.1) is 11.1 Å². The summed E-state index contributed by atoms with van der Waals surface area (Å²) >= 11 is 0. The third-order valence-electron chi connectivity index (χ3n) is 5.90. The summed E-state index contributed by atoms with van der Waals surface area (Å²) in [7, 11) is 0. The quantitative estimate of drug-likeness (QED) is 0.696. The summed E-state index contributed by atoms with van der Waals surface area (Å²) in [6.07, 6.45) is 1.24. The lowest BCUT2D eigenvalue weighted by atomic mass is 9.73. The summed E-state index contributed by atoms with van der Waals surface area (Å²) in [6, 6.07) is 1.26. The monoisotopic (exact) mass is 430 g/mol. The Kier molecular flexibility index (Phi) is 6.73. The summed E-state index contributed by atoms with van der Waals surface area (Å²) in [5.74, 6) is -0.750. The van der Waals surface area contributed by atoms with Crippen molar-refractivity contribution < 1.29 is 33.0 Å². The van der Waals surface area contributed by atoms with Crippen molar-refractivity contribution in [3.05, 3.63) is 18.0 Å². The van der Waals surface area contributed by atoms with Crippen LogP contribution in [0.25, 0.3) is 0 Å². The molecule has 11 heteroatoms. The normalized spacial score (nSPS) is 26.2. The van der Waals surface area contributed by atoms with Crippen LogP contribution in [0.3, 0.4) is 0 Å². The Hall–Kier alpha value is -2.11. The molecule has 3 rings (SSSR count). The largest absolute Gasteiger partial charge is 0.388 e. The van der Waals surface area contributed by atoms with Gasteiger partial charge in [-0.1, -0.05) is 0 Å². The van der Waals surface area contributed by atoms with E-state index >= 15 is 0 Å². The van der Waals surface area contributed by atoms with Gasteiger partial charge in [-0.25, -0.2) is 4.68 Å². The Balaban J connectivity index is 1.64. The van der Waals surface area contributed by atoms with Gasteiger partial charge in [0.1, 0.15) is 12.7 Å². The summed E-state index contributed by atoms with van der Waals surface area (Å²) in [5, 5.41) is 17.6. The second-order valence-corrected chi connectivity index (χ2v) is 7.92. The summed E-state index contributed by atoms with van der Waals surface area (Å²) in [6.45, 7) is 2.01. The molecule has 0 unspecified atom stereocenters. The van der Waals surface area contributed by atoms with Crippen LogP contribution in [0, 0.1) is 0 Å². The number of likely N-dealkylation sites (tertiary alicyclic amines) is 1. The van der Waals surface area contributed by atoms with Gasteiger partial charge in [0, 0.05) is 32.5 Å². The van der Waals surface area contributed by atoms with E-state index in [1.165, 1.54) is 11.0 Å². The standard InChI is InChI=1S/C19H28F2N4O5/c1-3-29-12-14(26)22-18(2)7-11-30-19(16(18)28)5-9-24(10-6-19)15(27)13-4-8-25(23-13)17(20)21/h4,8,16-17,28H,3,5-7,9-12H2,1-2H3,(H,22,26)/t16-,18+/m0/s1. The smallest absolute Gasteiger partial charge is 0.333 e. The zero-order valence-corrected chi connectivity index (χ0v) is 17.1. The van der Waals surface area contributed by atoms with Crippen molar-refractivity contribution in [2.75, 3.05) is 32.9 Å². The number of nitrogens with zero attached hydrogens (tertiary/aromatic N) is 3. The molecule has 9 nitrogen and oxygen atoms in total. The molecule has 0 aliphatic carbocycles. The van der Waals surface area contributed by atoms with E-state index in [1.54, 1.807) is 13.8 Å². The average molecular weight is 430 g/mol. The van der Waals surface area contributed by atoms with Gasteiger partial charge in [0.15, 0.2) is 5.69 Å². The van der Waals surface area contributed by atoms with Crippen LogP contribution in [0.15, 0.2) is 12.3 Å². The molecule has 1 aromatic rings. The molecule has 2 aliphatic rings. The maximum absolute atomic E-state index is 12.7. The van der Waals surface area contributed by atoms with Crippen molar-refractivity contribution in [2.24, 2.45) is 0 Å². The fourth-order valence-electron chi connectivity index (χ4n) is 4.17. The number of rotatable bonds is 6. The Morgan fingerprint density at radius 1 is 1.40 bits per heavy atom. The van der Waals surface area contributed by atoms with Crippen molar-refractivity contribution in [3.63, 3.8) is 0 Å². The van der Waals surface area contributed by atoms with Gasteiger partial charge in [-0.05, 0) is 39.2 Å². The van der Waals surface area contributed by atoms with Gasteiger partial charge in [-0.3, -0.25) is 9.59 Å². The molecular formula is C19H28F2N4O5. The number of aliphatic hydroxyl groups is 1. The first-order chi connectivity index (χ1) is 14.2. The molecule has 2 atom stereocenters. The van der Waals surface area contributed by atoms with E-state index in [9.17, 15) is 23.5 Å². The lowest BCUT2D eigenvalue weighted by Crippen LogP contribution is -2.69. The number of ether oxygens (including phenoxy) is 2. The number of hydrogen-bond donors (Lipinski definition) is 2. The first kappa shape index (κ1) is 22.6. The molecule has 0 radical (unpaired) electrons. The van der Waals surface area contributed by atoms with Gasteiger partial charge in [-0.15, -0.1) is 0 Å². The second kappa shape index (κ2) is 8.94. The van der Waals surface area contributed by atoms with Crippen molar-refractivity contribution in [3.8, 4) is 0 Å². The molecule has 0 aromatic carbocycles. The van der Waals surface area contributed by atoms with E-state index in [-0.39, 0.29) is 31.3 Å². The number of piperidine rings is 1. The van der Waals surface area contributed by atoms with Crippen molar-refractivity contribution in [1.82, 2.24) is 20.0 Å². The number of carbonyl (C=O) groups is 2. The minimum Gasteiger partial charge on any atom is -0.388 e.